The van der Waals surface area contributed by atoms with Gasteiger partial charge in [-0.15, -0.1) is 0 Å². The second-order valence-electron chi connectivity index (χ2n) is 5.06. The first-order valence-electron chi connectivity index (χ1n) is 5.54. The highest BCUT2D eigenvalue weighted by molar-refractivity contribution is 6.30. The van der Waals surface area contributed by atoms with Crippen LogP contribution >= 0.6 is 11.6 Å². The normalized spacial score (nSPS) is 15.1. The molecule has 1 unspecified atom stereocenters. The Kier molecular flexibility index (Phi) is 4.78. The highest BCUT2D eigenvalue weighted by atomic mass is 35.5. The van der Waals surface area contributed by atoms with Crippen molar-refractivity contribution in [2.45, 2.75) is 13.3 Å². The van der Waals surface area contributed by atoms with Gasteiger partial charge in [-0.25, -0.2) is 0 Å². The van der Waals surface area contributed by atoms with Crippen molar-refractivity contribution in [1.82, 2.24) is 4.90 Å². The van der Waals surface area contributed by atoms with Gasteiger partial charge in [0.05, 0.1) is 0 Å². The number of nitrogens with zero attached hydrogens (tertiary/aromatic N) is 1. The van der Waals surface area contributed by atoms with Gasteiger partial charge in [0.25, 0.3) is 0 Å². The molecule has 0 heterocycles. The molecular weight excluding hydrogens is 220 g/mol. The summed E-state index contributed by atoms with van der Waals surface area (Å²) >= 11 is 5.98. The lowest BCUT2D eigenvalue weighted by Crippen LogP contribution is -2.39. The molecule has 2 N–H and O–H groups in total. The first-order chi connectivity index (χ1) is 7.45. The Morgan fingerprint density at radius 2 is 2.06 bits per heavy atom. The van der Waals surface area contributed by atoms with Gasteiger partial charge in [-0.3, -0.25) is 0 Å². The van der Waals surface area contributed by atoms with Gasteiger partial charge < -0.3 is 10.6 Å². The zero-order chi connectivity index (χ0) is 12.2. The number of benzene rings is 1. The van der Waals surface area contributed by atoms with Crippen LogP contribution in [0.4, 0.5) is 0 Å². The molecule has 0 fully saturated rings. The molecule has 0 aliphatic rings. The van der Waals surface area contributed by atoms with Crippen LogP contribution in [0.3, 0.4) is 0 Å². The van der Waals surface area contributed by atoms with Crippen LogP contribution in [0.15, 0.2) is 24.3 Å². The molecule has 1 rings (SSSR count). The second kappa shape index (κ2) is 5.67. The van der Waals surface area contributed by atoms with Crippen molar-refractivity contribution in [3.05, 3.63) is 34.9 Å². The summed E-state index contributed by atoms with van der Waals surface area (Å²) in [5.74, 6) is 0. The molecule has 1 aromatic carbocycles. The molecule has 0 saturated heterocycles. The third-order valence-corrected chi connectivity index (χ3v) is 2.95. The lowest BCUT2D eigenvalue weighted by molar-refractivity contribution is 0.224. The van der Waals surface area contributed by atoms with Gasteiger partial charge in [-0.2, -0.15) is 0 Å². The smallest absolute Gasteiger partial charge is 0.0408 e. The fourth-order valence-corrected chi connectivity index (χ4v) is 2.31. The van der Waals surface area contributed by atoms with E-state index in [4.69, 9.17) is 17.3 Å². The quantitative estimate of drug-likeness (QED) is 0.857. The van der Waals surface area contributed by atoms with Crippen LogP contribution in [-0.4, -0.2) is 32.1 Å². The predicted molar refractivity (Wildman–Crippen MR) is 70.9 cm³/mol. The van der Waals surface area contributed by atoms with Gasteiger partial charge in [0.2, 0.25) is 0 Å². The Bertz CT molecular complexity index is 338. The minimum absolute atomic E-state index is 0.105. The van der Waals surface area contributed by atoms with Crippen molar-refractivity contribution in [2.24, 2.45) is 11.1 Å². The minimum atomic E-state index is 0.105. The maximum atomic E-state index is 5.98. The highest BCUT2D eigenvalue weighted by Crippen LogP contribution is 2.23. The van der Waals surface area contributed by atoms with E-state index in [0.29, 0.717) is 6.54 Å². The van der Waals surface area contributed by atoms with Crippen molar-refractivity contribution in [3.63, 3.8) is 0 Å². The molecule has 16 heavy (non-hydrogen) atoms. The third-order valence-electron chi connectivity index (χ3n) is 2.71. The van der Waals surface area contributed by atoms with Crippen molar-refractivity contribution in [1.29, 1.82) is 0 Å². The first-order valence-corrected chi connectivity index (χ1v) is 5.92. The largest absolute Gasteiger partial charge is 0.330 e. The third kappa shape index (κ3) is 4.12. The summed E-state index contributed by atoms with van der Waals surface area (Å²) in [6, 6.07) is 8.02. The summed E-state index contributed by atoms with van der Waals surface area (Å²) < 4.78 is 0. The van der Waals surface area contributed by atoms with E-state index in [1.165, 1.54) is 5.56 Å². The van der Waals surface area contributed by atoms with Crippen LogP contribution in [0.2, 0.25) is 5.02 Å². The summed E-state index contributed by atoms with van der Waals surface area (Å²) in [6.07, 6.45) is 0.961. The molecule has 0 radical (unpaired) electrons. The van der Waals surface area contributed by atoms with Crippen LogP contribution in [-0.2, 0) is 6.42 Å². The number of nitrogens with two attached hydrogens (primary N) is 1. The van der Waals surface area contributed by atoms with Crippen LogP contribution < -0.4 is 5.73 Å². The van der Waals surface area contributed by atoms with Gasteiger partial charge in [-0.1, -0.05) is 30.7 Å². The van der Waals surface area contributed by atoms with E-state index >= 15 is 0 Å². The number of hydrogen-bond donors (Lipinski definition) is 1. The average molecular weight is 241 g/mol. The zero-order valence-corrected chi connectivity index (χ0v) is 11.1. The zero-order valence-electron chi connectivity index (χ0n) is 10.3. The van der Waals surface area contributed by atoms with E-state index < -0.39 is 0 Å². The average Bonchev–Trinajstić information content (AvgIpc) is 2.16. The Labute approximate surface area is 103 Å². The predicted octanol–water partition coefficient (Wildman–Crippen LogP) is 2.41. The van der Waals surface area contributed by atoms with E-state index in [2.05, 4.69) is 32.0 Å². The van der Waals surface area contributed by atoms with E-state index in [1.807, 2.05) is 18.2 Å². The van der Waals surface area contributed by atoms with Crippen molar-refractivity contribution in [3.8, 4) is 0 Å². The summed E-state index contributed by atoms with van der Waals surface area (Å²) in [5, 5.41) is 0.793. The summed E-state index contributed by atoms with van der Waals surface area (Å²) in [5.41, 5.74) is 7.24. The Morgan fingerprint density at radius 1 is 1.38 bits per heavy atom. The molecule has 0 aliphatic carbocycles. The molecule has 0 bridgehead atoms. The molecule has 1 aromatic rings. The SMILES string of the molecule is CN(C)CC(C)(CN)Cc1cccc(Cl)c1. The van der Waals surface area contributed by atoms with E-state index in [-0.39, 0.29) is 5.41 Å². The van der Waals surface area contributed by atoms with Crippen LogP contribution in [0, 0.1) is 5.41 Å². The van der Waals surface area contributed by atoms with E-state index in [1.54, 1.807) is 0 Å². The lowest BCUT2D eigenvalue weighted by atomic mass is 9.83. The van der Waals surface area contributed by atoms with E-state index in [0.717, 1.165) is 18.0 Å². The molecule has 0 aliphatic heterocycles. The van der Waals surface area contributed by atoms with Gasteiger partial charge in [-0.05, 0) is 50.2 Å². The van der Waals surface area contributed by atoms with Crippen LogP contribution in [0.25, 0.3) is 0 Å². The molecule has 0 aromatic heterocycles. The van der Waals surface area contributed by atoms with Crippen LogP contribution in [0.5, 0.6) is 0 Å². The molecule has 0 spiro atoms. The molecule has 3 heteroatoms. The second-order valence-corrected chi connectivity index (χ2v) is 5.50. The fraction of sp³-hybridized carbons (Fsp3) is 0.538. The topological polar surface area (TPSA) is 29.3 Å². The van der Waals surface area contributed by atoms with E-state index in [9.17, 15) is 0 Å². The van der Waals surface area contributed by atoms with Gasteiger partial charge in [0, 0.05) is 11.6 Å². The maximum Gasteiger partial charge on any atom is 0.0408 e. The van der Waals surface area contributed by atoms with Gasteiger partial charge in [0.1, 0.15) is 0 Å². The van der Waals surface area contributed by atoms with Crippen molar-refractivity contribution < 1.29 is 0 Å². The highest BCUT2D eigenvalue weighted by Gasteiger charge is 2.23. The Morgan fingerprint density at radius 3 is 2.56 bits per heavy atom. The number of halogens is 1. The minimum Gasteiger partial charge on any atom is -0.330 e. The molecule has 0 saturated carbocycles. The van der Waals surface area contributed by atoms with Crippen molar-refractivity contribution >= 4 is 11.6 Å². The van der Waals surface area contributed by atoms with Crippen LogP contribution in [0.1, 0.15) is 12.5 Å². The summed E-state index contributed by atoms with van der Waals surface area (Å²) in [4.78, 5) is 2.18. The number of rotatable bonds is 5. The molecular formula is C13H21ClN2. The van der Waals surface area contributed by atoms with Crippen molar-refractivity contribution in [2.75, 3.05) is 27.2 Å². The molecule has 2 nitrogen and oxygen atoms in total. The summed E-state index contributed by atoms with van der Waals surface area (Å²) in [7, 11) is 4.15. The molecule has 0 amide bonds. The first kappa shape index (κ1) is 13.5. The van der Waals surface area contributed by atoms with Gasteiger partial charge in [0.15, 0.2) is 0 Å². The lowest BCUT2D eigenvalue weighted by Gasteiger charge is -2.31. The molecule has 1 atom stereocenters. The monoisotopic (exact) mass is 240 g/mol. The van der Waals surface area contributed by atoms with Gasteiger partial charge >= 0.3 is 0 Å². The standard InChI is InChI=1S/C13H21ClN2/c1-13(9-15,10-16(2)3)8-11-5-4-6-12(14)7-11/h4-7H,8-10,15H2,1-3H3. The maximum absolute atomic E-state index is 5.98. The fourth-order valence-electron chi connectivity index (χ4n) is 2.10. The number of hydrogen-bond acceptors (Lipinski definition) is 2. The Balaban J connectivity index is 2.76. The Hall–Kier alpha value is -0.570. The summed E-state index contributed by atoms with van der Waals surface area (Å²) in [6.45, 7) is 3.88. The molecule has 90 valence electrons.